The molecule has 82 valence electrons. The topological polar surface area (TPSA) is 47.0 Å². The number of hydrogen-bond donors (Lipinski definition) is 1. The molecular weight excluding hydrogens is 190 g/mol. The molecule has 15 heavy (non-hydrogen) atoms. The highest BCUT2D eigenvalue weighted by molar-refractivity contribution is 5.28. The summed E-state index contributed by atoms with van der Waals surface area (Å²) in [6.45, 7) is 6.30. The smallest absolute Gasteiger partial charge is 0.131 e. The van der Waals surface area contributed by atoms with Crippen LogP contribution in [-0.2, 0) is 24.5 Å². The standard InChI is InChI=1S/C11H17N3O/c1-7(2)11-13-9(4-12-3)8-5-15-6-10(8)14-11/h7,12H,4-6H2,1-3H3. The second-order valence-electron chi connectivity index (χ2n) is 4.13. The molecule has 1 N–H and O–H groups in total. The predicted octanol–water partition coefficient (Wildman–Crippen LogP) is 1.35. The Kier molecular flexibility index (Phi) is 2.98. The molecule has 4 heteroatoms. The maximum atomic E-state index is 5.41. The van der Waals surface area contributed by atoms with E-state index in [9.17, 15) is 0 Å². The first-order valence-corrected chi connectivity index (χ1v) is 5.33. The van der Waals surface area contributed by atoms with Crippen LogP contribution in [0.4, 0.5) is 0 Å². The first-order valence-electron chi connectivity index (χ1n) is 5.33. The number of rotatable bonds is 3. The average molecular weight is 207 g/mol. The zero-order chi connectivity index (χ0) is 10.8. The Balaban J connectivity index is 2.43. The van der Waals surface area contributed by atoms with Crippen LogP contribution in [0, 0.1) is 0 Å². The zero-order valence-corrected chi connectivity index (χ0v) is 9.50. The van der Waals surface area contributed by atoms with Gasteiger partial charge in [-0.05, 0) is 7.05 Å². The molecule has 1 aliphatic rings. The molecule has 1 aliphatic heterocycles. The van der Waals surface area contributed by atoms with Crippen molar-refractivity contribution in [2.75, 3.05) is 7.05 Å². The minimum absolute atomic E-state index is 0.367. The molecule has 0 aliphatic carbocycles. The van der Waals surface area contributed by atoms with Crippen LogP contribution in [-0.4, -0.2) is 17.0 Å². The molecule has 4 nitrogen and oxygen atoms in total. The third-order valence-corrected chi connectivity index (χ3v) is 2.54. The second-order valence-corrected chi connectivity index (χ2v) is 4.13. The molecule has 1 aromatic rings. The lowest BCUT2D eigenvalue weighted by atomic mass is 10.1. The summed E-state index contributed by atoms with van der Waals surface area (Å²) in [5.74, 6) is 1.29. The quantitative estimate of drug-likeness (QED) is 0.812. The van der Waals surface area contributed by atoms with E-state index in [4.69, 9.17) is 4.74 Å². The SMILES string of the molecule is CNCc1nc(C(C)C)nc2c1COC2. The van der Waals surface area contributed by atoms with Crippen molar-refractivity contribution >= 4 is 0 Å². The van der Waals surface area contributed by atoms with E-state index < -0.39 is 0 Å². The van der Waals surface area contributed by atoms with E-state index in [0.717, 1.165) is 23.8 Å². The molecule has 0 aromatic carbocycles. The third kappa shape index (κ3) is 2.01. The predicted molar refractivity (Wildman–Crippen MR) is 57.4 cm³/mol. The summed E-state index contributed by atoms with van der Waals surface area (Å²) in [6.07, 6.45) is 0. The van der Waals surface area contributed by atoms with Gasteiger partial charge in [-0.2, -0.15) is 0 Å². The molecule has 1 aromatic heterocycles. The maximum Gasteiger partial charge on any atom is 0.131 e. The van der Waals surface area contributed by atoms with Crippen LogP contribution in [0.25, 0.3) is 0 Å². The minimum Gasteiger partial charge on any atom is -0.370 e. The maximum absolute atomic E-state index is 5.41. The number of ether oxygens (including phenoxy) is 1. The molecule has 0 unspecified atom stereocenters. The molecule has 0 spiro atoms. The van der Waals surface area contributed by atoms with Gasteiger partial charge in [0.25, 0.3) is 0 Å². The monoisotopic (exact) mass is 207 g/mol. The van der Waals surface area contributed by atoms with Crippen molar-refractivity contribution < 1.29 is 4.74 Å². The third-order valence-electron chi connectivity index (χ3n) is 2.54. The van der Waals surface area contributed by atoms with Crippen molar-refractivity contribution in [3.05, 3.63) is 22.8 Å². The number of fused-ring (bicyclic) bond motifs is 1. The van der Waals surface area contributed by atoms with Gasteiger partial charge in [0.2, 0.25) is 0 Å². The normalized spacial score (nSPS) is 14.7. The Hall–Kier alpha value is -1.00. The zero-order valence-electron chi connectivity index (χ0n) is 9.50. The summed E-state index contributed by atoms with van der Waals surface area (Å²) in [6, 6.07) is 0. The van der Waals surface area contributed by atoms with Crippen LogP contribution in [0.2, 0.25) is 0 Å². The largest absolute Gasteiger partial charge is 0.370 e. The van der Waals surface area contributed by atoms with Crippen molar-refractivity contribution in [3.8, 4) is 0 Å². The number of nitrogens with one attached hydrogen (secondary N) is 1. The molecule has 0 saturated carbocycles. The van der Waals surface area contributed by atoms with E-state index in [2.05, 4.69) is 29.1 Å². The van der Waals surface area contributed by atoms with Gasteiger partial charge in [-0.25, -0.2) is 9.97 Å². The Morgan fingerprint density at radius 1 is 1.33 bits per heavy atom. The van der Waals surface area contributed by atoms with Crippen LogP contribution in [0.3, 0.4) is 0 Å². The average Bonchev–Trinajstić information content (AvgIpc) is 2.65. The Labute approximate surface area is 90.1 Å². The molecule has 0 amide bonds. The van der Waals surface area contributed by atoms with E-state index >= 15 is 0 Å². The molecule has 0 radical (unpaired) electrons. The Morgan fingerprint density at radius 3 is 2.80 bits per heavy atom. The van der Waals surface area contributed by atoms with Gasteiger partial charge in [0, 0.05) is 18.0 Å². The van der Waals surface area contributed by atoms with Crippen LogP contribution >= 0.6 is 0 Å². The lowest BCUT2D eigenvalue weighted by molar-refractivity contribution is 0.132. The number of hydrogen-bond acceptors (Lipinski definition) is 4. The van der Waals surface area contributed by atoms with Gasteiger partial charge in [-0.15, -0.1) is 0 Å². The van der Waals surface area contributed by atoms with E-state index in [0.29, 0.717) is 19.1 Å². The molecule has 0 fully saturated rings. The van der Waals surface area contributed by atoms with Crippen LogP contribution in [0.5, 0.6) is 0 Å². The van der Waals surface area contributed by atoms with E-state index in [1.165, 1.54) is 5.56 Å². The van der Waals surface area contributed by atoms with E-state index in [-0.39, 0.29) is 0 Å². The highest BCUT2D eigenvalue weighted by Crippen LogP contribution is 2.22. The fourth-order valence-corrected chi connectivity index (χ4v) is 1.71. The van der Waals surface area contributed by atoms with Crippen molar-refractivity contribution in [3.63, 3.8) is 0 Å². The van der Waals surface area contributed by atoms with Crippen molar-refractivity contribution in [1.82, 2.24) is 15.3 Å². The molecule has 0 saturated heterocycles. The summed E-state index contributed by atoms with van der Waals surface area (Å²) >= 11 is 0. The lowest BCUT2D eigenvalue weighted by Crippen LogP contribution is -2.13. The summed E-state index contributed by atoms with van der Waals surface area (Å²) in [4.78, 5) is 9.11. The first kappa shape index (κ1) is 10.5. The summed E-state index contributed by atoms with van der Waals surface area (Å²) in [5, 5.41) is 3.13. The van der Waals surface area contributed by atoms with Gasteiger partial charge in [0.1, 0.15) is 5.82 Å². The van der Waals surface area contributed by atoms with E-state index in [1.54, 1.807) is 0 Å². The van der Waals surface area contributed by atoms with Crippen molar-refractivity contribution in [1.29, 1.82) is 0 Å². The first-order chi connectivity index (χ1) is 7.22. The fraction of sp³-hybridized carbons (Fsp3) is 0.636. The fourth-order valence-electron chi connectivity index (χ4n) is 1.71. The van der Waals surface area contributed by atoms with Gasteiger partial charge in [-0.1, -0.05) is 13.8 Å². The highest BCUT2D eigenvalue weighted by Gasteiger charge is 2.20. The van der Waals surface area contributed by atoms with Gasteiger partial charge >= 0.3 is 0 Å². The van der Waals surface area contributed by atoms with Crippen molar-refractivity contribution in [2.24, 2.45) is 0 Å². The highest BCUT2D eigenvalue weighted by atomic mass is 16.5. The summed E-state index contributed by atoms with van der Waals surface area (Å²) in [5.41, 5.74) is 3.33. The lowest BCUT2D eigenvalue weighted by Gasteiger charge is -2.10. The summed E-state index contributed by atoms with van der Waals surface area (Å²) < 4.78 is 5.41. The molecular formula is C11H17N3O. The van der Waals surface area contributed by atoms with Gasteiger partial charge in [0.15, 0.2) is 0 Å². The second kappa shape index (κ2) is 4.24. The molecule has 0 atom stereocenters. The molecule has 0 bridgehead atoms. The number of nitrogens with zero attached hydrogens (tertiary/aromatic N) is 2. The Morgan fingerprint density at radius 2 is 2.13 bits per heavy atom. The Bertz CT molecular complexity index is 363. The van der Waals surface area contributed by atoms with Gasteiger partial charge < -0.3 is 10.1 Å². The van der Waals surface area contributed by atoms with Gasteiger partial charge in [-0.3, -0.25) is 0 Å². The van der Waals surface area contributed by atoms with Crippen LogP contribution in [0.1, 0.15) is 42.5 Å². The van der Waals surface area contributed by atoms with Gasteiger partial charge in [0.05, 0.1) is 24.6 Å². The van der Waals surface area contributed by atoms with Crippen molar-refractivity contribution in [2.45, 2.75) is 39.5 Å². The summed E-state index contributed by atoms with van der Waals surface area (Å²) in [7, 11) is 1.93. The van der Waals surface area contributed by atoms with Crippen LogP contribution < -0.4 is 5.32 Å². The molecule has 2 rings (SSSR count). The van der Waals surface area contributed by atoms with E-state index in [1.807, 2.05) is 7.05 Å². The minimum atomic E-state index is 0.367. The van der Waals surface area contributed by atoms with Crippen LogP contribution in [0.15, 0.2) is 0 Å². The molecule has 2 heterocycles. The number of aromatic nitrogens is 2.